The Bertz CT molecular complexity index is 161. The van der Waals surface area contributed by atoms with Crippen LogP contribution in [-0.4, -0.2) is 19.0 Å². The molecule has 2 rings (SSSR count). The second-order valence-corrected chi connectivity index (χ2v) is 4.30. The van der Waals surface area contributed by atoms with Crippen LogP contribution in [-0.2, 0) is 9.47 Å². The maximum Gasteiger partial charge on any atom is 0.168 e. The van der Waals surface area contributed by atoms with Gasteiger partial charge >= 0.3 is 0 Å². The quantitative estimate of drug-likeness (QED) is 0.555. The molecule has 0 N–H and O–H groups in total. The first-order valence-electron chi connectivity index (χ1n) is 5.00. The molecule has 1 aliphatic heterocycles. The Kier molecular flexibility index (Phi) is 2.13. The number of hydrogen-bond donors (Lipinski definition) is 0. The molecule has 1 saturated heterocycles. The van der Waals surface area contributed by atoms with Gasteiger partial charge in [0.05, 0.1) is 13.2 Å². The van der Waals surface area contributed by atoms with Crippen molar-refractivity contribution < 1.29 is 9.47 Å². The molecule has 0 bridgehead atoms. The summed E-state index contributed by atoms with van der Waals surface area (Å²) in [7, 11) is 0. The Balaban J connectivity index is 2.01. The first-order chi connectivity index (χ1) is 5.72. The molecule has 1 heterocycles. The molecule has 2 fully saturated rings. The van der Waals surface area contributed by atoms with Crippen LogP contribution in [0.5, 0.6) is 0 Å². The van der Waals surface area contributed by atoms with E-state index in [0.717, 1.165) is 37.9 Å². The second kappa shape index (κ2) is 3.00. The normalized spacial score (nSPS) is 40.5. The summed E-state index contributed by atoms with van der Waals surface area (Å²) in [4.78, 5) is 0. The molecule has 12 heavy (non-hydrogen) atoms. The van der Waals surface area contributed by atoms with E-state index >= 15 is 0 Å². The Morgan fingerprint density at radius 2 is 1.75 bits per heavy atom. The molecule has 2 nitrogen and oxygen atoms in total. The highest BCUT2D eigenvalue weighted by Crippen LogP contribution is 2.41. The fraction of sp³-hybridized carbons (Fsp3) is 1.00. The van der Waals surface area contributed by atoms with Crippen LogP contribution in [0.3, 0.4) is 0 Å². The van der Waals surface area contributed by atoms with Gasteiger partial charge in [-0.05, 0) is 18.3 Å². The minimum absolute atomic E-state index is 0.175. The van der Waals surface area contributed by atoms with Crippen molar-refractivity contribution in [3.05, 3.63) is 0 Å². The predicted octanol–water partition coefficient (Wildman–Crippen LogP) is 2.19. The van der Waals surface area contributed by atoms with E-state index in [2.05, 4.69) is 13.8 Å². The average molecular weight is 170 g/mol. The first kappa shape index (κ1) is 8.52. The standard InChI is InChI=1S/C10H18O2/c1-8-3-4-10(7-9(8)2)11-5-6-12-10/h8-9H,3-7H2,1-2H3. The summed E-state index contributed by atoms with van der Waals surface area (Å²) in [5.74, 6) is 1.41. The Hall–Kier alpha value is -0.0800. The third kappa shape index (κ3) is 1.38. The number of ether oxygens (including phenoxy) is 2. The largest absolute Gasteiger partial charge is 0.348 e. The van der Waals surface area contributed by atoms with Crippen molar-refractivity contribution in [1.29, 1.82) is 0 Å². The third-order valence-corrected chi connectivity index (χ3v) is 3.40. The van der Waals surface area contributed by atoms with E-state index in [1.54, 1.807) is 0 Å². The number of hydrogen-bond acceptors (Lipinski definition) is 2. The van der Waals surface area contributed by atoms with Gasteiger partial charge < -0.3 is 9.47 Å². The summed E-state index contributed by atoms with van der Waals surface area (Å²) in [5.41, 5.74) is 0. The zero-order valence-electron chi connectivity index (χ0n) is 8.01. The third-order valence-electron chi connectivity index (χ3n) is 3.40. The van der Waals surface area contributed by atoms with Gasteiger partial charge in [-0.3, -0.25) is 0 Å². The molecule has 70 valence electrons. The van der Waals surface area contributed by atoms with Crippen molar-refractivity contribution in [3.8, 4) is 0 Å². The van der Waals surface area contributed by atoms with Gasteiger partial charge in [-0.25, -0.2) is 0 Å². The van der Waals surface area contributed by atoms with E-state index in [1.165, 1.54) is 6.42 Å². The Morgan fingerprint density at radius 3 is 2.33 bits per heavy atom. The maximum absolute atomic E-state index is 5.68. The highest BCUT2D eigenvalue weighted by molar-refractivity contribution is 4.84. The Labute approximate surface area is 74.2 Å². The first-order valence-corrected chi connectivity index (χ1v) is 5.00. The van der Waals surface area contributed by atoms with Crippen LogP contribution in [0.25, 0.3) is 0 Å². The van der Waals surface area contributed by atoms with Crippen molar-refractivity contribution in [2.45, 2.75) is 38.9 Å². The van der Waals surface area contributed by atoms with E-state index in [0.29, 0.717) is 0 Å². The molecule has 0 radical (unpaired) electrons. The zero-order chi connectivity index (χ0) is 8.60. The summed E-state index contributed by atoms with van der Waals surface area (Å²) >= 11 is 0. The molecule has 0 amide bonds. The monoisotopic (exact) mass is 170 g/mol. The molecule has 0 aromatic carbocycles. The highest BCUT2D eigenvalue weighted by Gasteiger charge is 2.42. The van der Waals surface area contributed by atoms with E-state index in [-0.39, 0.29) is 5.79 Å². The van der Waals surface area contributed by atoms with Crippen LogP contribution in [0.1, 0.15) is 33.1 Å². The predicted molar refractivity (Wildman–Crippen MR) is 46.8 cm³/mol. The Morgan fingerprint density at radius 1 is 1.08 bits per heavy atom. The zero-order valence-corrected chi connectivity index (χ0v) is 8.01. The molecule has 1 saturated carbocycles. The van der Waals surface area contributed by atoms with Crippen LogP contribution in [0.4, 0.5) is 0 Å². The van der Waals surface area contributed by atoms with E-state index < -0.39 is 0 Å². The van der Waals surface area contributed by atoms with E-state index in [1.807, 2.05) is 0 Å². The molecule has 2 aliphatic rings. The number of rotatable bonds is 0. The summed E-state index contributed by atoms with van der Waals surface area (Å²) in [6.07, 6.45) is 3.44. The highest BCUT2D eigenvalue weighted by atomic mass is 16.7. The topological polar surface area (TPSA) is 18.5 Å². The van der Waals surface area contributed by atoms with Crippen LogP contribution < -0.4 is 0 Å². The van der Waals surface area contributed by atoms with Crippen LogP contribution in [0.15, 0.2) is 0 Å². The average Bonchev–Trinajstić information content (AvgIpc) is 2.47. The molecule has 0 aromatic heterocycles. The van der Waals surface area contributed by atoms with E-state index in [4.69, 9.17) is 9.47 Å². The minimum Gasteiger partial charge on any atom is -0.348 e. The lowest BCUT2D eigenvalue weighted by Gasteiger charge is -2.38. The van der Waals surface area contributed by atoms with Crippen LogP contribution >= 0.6 is 0 Å². The summed E-state index contributed by atoms with van der Waals surface area (Å²) in [6.45, 7) is 6.21. The van der Waals surface area contributed by atoms with Gasteiger partial charge in [-0.1, -0.05) is 13.8 Å². The fourth-order valence-electron chi connectivity index (χ4n) is 2.29. The van der Waals surface area contributed by atoms with Crippen molar-refractivity contribution in [2.24, 2.45) is 11.8 Å². The maximum atomic E-state index is 5.68. The molecule has 2 heteroatoms. The lowest BCUT2D eigenvalue weighted by atomic mass is 9.78. The van der Waals surface area contributed by atoms with Gasteiger partial charge in [0.15, 0.2) is 5.79 Å². The van der Waals surface area contributed by atoms with Gasteiger partial charge in [0, 0.05) is 12.8 Å². The van der Waals surface area contributed by atoms with Gasteiger partial charge in [0.25, 0.3) is 0 Å². The molecule has 2 unspecified atom stereocenters. The molecule has 2 atom stereocenters. The molecule has 1 spiro atoms. The fourth-order valence-corrected chi connectivity index (χ4v) is 2.29. The van der Waals surface area contributed by atoms with Crippen molar-refractivity contribution in [3.63, 3.8) is 0 Å². The van der Waals surface area contributed by atoms with Crippen LogP contribution in [0.2, 0.25) is 0 Å². The van der Waals surface area contributed by atoms with Crippen LogP contribution in [0, 0.1) is 11.8 Å². The molecular weight excluding hydrogens is 152 g/mol. The van der Waals surface area contributed by atoms with Gasteiger partial charge in [0.1, 0.15) is 0 Å². The van der Waals surface area contributed by atoms with Gasteiger partial charge in [-0.2, -0.15) is 0 Å². The summed E-state index contributed by atoms with van der Waals surface area (Å²) in [6, 6.07) is 0. The molecule has 0 aromatic rings. The summed E-state index contributed by atoms with van der Waals surface area (Å²) < 4.78 is 11.4. The van der Waals surface area contributed by atoms with Crippen molar-refractivity contribution in [2.75, 3.05) is 13.2 Å². The lowest BCUT2D eigenvalue weighted by Crippen LogP contribution is -2.38. The molecular formula is C10H18O2. The van der Waals surface area contributed by atoms with Gasteiger partial charge in [0.2, 0.25) is 0 Å². The van der Waals surface area contributed by atoms with Crippen molar-refractivity contribution in [1.82, 2.24) is 0 Å². The smallest absolute Gasteiger partial charge is 0.168 e. The summed E-state index contributed by atoms with van der Waals surface area (Å²) in [5, 5.41) is 0. The second-order valence-electron chi connectivity index (χ2n) is 4.30. The molecule has 1 aliphatic carbocycles. The van der Waals surface area contributed by atoms with Crippen molar-refractivity contribution >= 4 is 0 Å². The van der Waals surface area contributed by atoms with E-state index in [9.17, 15) is 0 Å². The lowest BCUT2D eigenvalue weighted by molar-refractivity contribution is -0.192. The van der Waals surface area contributed by atoms with Gasteiger partial charge in [-0.15, -0.1) is 0 Å². The minimum atomic E-state index is -0.175. The SMILES string of the molecule is CC1CCC2(CC1C)OCCO2.